The zero-order valence-corrected chi connectivity index (χ0v) is 9.23. The quantitative estimate of drug-likeness (QED) is 0.635. The van der Waals surface area contributed by atoms with Gasteiger partial charge in [0.1, 0.15) is 11.6 Å². The fraction of sp³-hybridized carbons (Fsp3) is 0.364. The van der Waals surface area contributed by atoms with Crippen molar-refractivity contribution in [2.45, 2.75) is 12.7 Å². The van der Waals surface area contributed by atoms with Gasteiger partial charge in [0, 0.05) is 25.9 Å². The molecule has 0 atom stereocenters. The van der Waals surface area contributed by atoms with Gasteiger partial charge in [-0.1, -0.05) is 0 Å². The zero-order chi connectivity index (χ0) is 12.3. The van der Waals surface area contributed by atoms with Crippen LogP contribution in [-0.4, -0.2) is 31.6 Å². The van der Waals surface area contributed by atoms with E-state index in [1.54, 1.807) is 6.07 Å². The second-order valence-electron chi connectivity index (χ2n) is 3.27. The highest BCUT2D eigenvalue weighted by molar-refractivity contribution is 6.17. The van der Waals surface area contributed by atoms with Gasteiger partial charge in [0.2, 0.25) is 5.78 Å². The number of rotatable bonds is 2. The van der Waals surface area contributed by atoms with Crippen LogP contribution in [0.2, 0.25) is 0 Å². The van der Waals surface area contributed by atoms with Gasteiger partial charge in [0.05, 0.1) is 0 Å². The SMILES string of the molecule is COC1(OC)C=C(C#N)C(=O)C(C)=CC1=O. The first-order valence-electron chi connectivity index (χ1n) is 4.51. The molecule has 0 fully saturated rings. The molecule has 0 saturated carbocycles. The molecule has 84 valence electrons. The molecule has 0 N–H and O–H groups in total. The molecule has 5 nitrogen and oxygen atoms in total. The van der Waals surface area contributed by atoms with Crippen molar-refractivity contribution < 1.29 is 19.1 Å². The number of hydrogen-bond donors (Lipinski definition) is 0. The minimum atomic E-state index is -1.68. The molecular formula is C11H11NO4. The number of carbonyl (C=O) groups is 2. The number of Topliss-reactive ketones (excluding diaryl/α,β-unsaturated/α-hetero) is 1. The maximum atomic E-state index is 11.8. The smallest absolute Gasteiger partial charge is 0.254 e. The lowest BCUT2D eigenvalue weighted by molar-refractivity contribution is -0.180. The summed E-state index contributed by atoms with van der Waals surface area (Å²) in [4.78, 5) is 23.4. The van der Waals surface area contributed by atoms with Crippen LogP contribution >= 0.6 is 0 Å². The second kappa shape index (κ2) is 4.39. The second-order valence-corrected chi connectivity index (χ2v) is 3.27. The van der Waals surface area contributed by atoms with Crippen LogP contribution in [0.25, 0.3) is 0 Å². The molecule has 0 heterocycles. The first kappa shape index (κ1) is 12.3. The van der Waals surface area contributed by atoms with Gasteiger partial charge in [0.25, 0.3) is 5.79 Å². The Hall–Kier alpha value is -1.77. The summed E-state index contributed by atoms with van der Waals surface area (Å²) in [6, 6.07) is 1.73. The van der Waals surface area contributed by atoms with Crippen LogP contribution in [0.5, 0.6) is 0 Å². The molecule has 1 rings (SSSR count). The van der Waals surface area contributed by atoms with Gasteiger partial charge < -0.3 is 9.47 Å². The first-order chi connectivity index (χ1) is 7.50. The highest BCUT2D eigenvalue weighted by Crippen LogP contribution is 2.23. The van der Waals surface area contributed by atoms with Crippen molar-refractivity contribution in [2.24, 2.45) is 0 Å². The summed E-state index contributed by atoms with van der Waals surface area (Å²) in [6.07, 6.45) is 2.22. The van der Waals surface area contributed by atoms with E-state index in [4.69, 9.17) is 14.7 Å². The predicted molar refractivity (Wildman–Crippen MR) is 54.2 cm³/mol. The van der Waals surface area contributed by atoms with Gasteiger partial charge in [-0.05, 0) is 13.0 Å². The summed E-state index contributed by atoms with van der Waals surface area (Å²) in [5, 5.41) is 8.82. The van der Waals surface area contributed by atoms with E-state index in [-0.39, 0.29) is 11.1 Å². The highest BCUT2D eigenvalue weighted by atomic mass is 16.7. The molecule has 0 aliphatic heterocycles. The standard InChI is InChI=1S/C11H11NO4/c1-7-4-9(13)11(15-2,16-3)5-8(6-12)10(7)14/h4-5H,1-3H3. The Bertz CT molecular complexity index is 435. The number of ketones is 2. The first-order valence-corrected chi connectivity index (χ1v) is 4.51. The number of nitrogens with zero attached hydrogens (tertiary/aromatic N) is 1. The lowest BCUT2D eigenvalue weighted by Gasteiger charge is -2.23. The van der Waals surface area contributed by atoms with Crippen LogP contribution in [-0.2, 0) is 19.1 Å². The predicted octanol–water partition coefficient (Wildman–Crippen LogP) is 0.524. The van der Waals surface area contributed by atoms with Crippen LogP contribution in [0, 0.1) is 11.3 Å². The summed E-state index contributed by atoms with van der Waals surface area (Å²) >= 11 is 0. The lowest BCUT2D eigenvalue weighted by atomic mass is 10.1. The number of carbonyl (C=O) groups excluding carboxylic acids is 2. The molecule has 0 saturated heterocycles. The normalized spacial score (nSPS) is 19.6. The minimum Gasteiger partial charge on any atom is -0.343 e. The molecule has 0 unspecified atom stereocenters. The molecule has 0 aromatic rings. The van der Waals surface area contributed by atoms with Crippen LogP contribution < -0.4 is 0 Å². The van der Waals surface area contributed by atoms with Crippen molar-refractivity contribution in [1.29, 1.82) is 5.26 Å². The van der Waals surface area contributed by atoms with E-state index in [2.05, 4.69) is 0 Å². The number of hydrogen-bond acceptors (Lipinski definition) is 5. The van der Waals surface area contributed by atoms with E-state index >= 15 is 0 Å². The van der Waals surface area contributed by atoms with Crippen molar-refractivity contribution in [3.63, 3.8) is 0 Å². The molecule has 0 amide bonds. The Morgan fingerprint density at radius 3 is 2.31 bits per heavy atom. The largest absolute Gasteiger partial charge is 0.343 e. The van der Waals surface area contributed by atoms with Gasteiger partial charge in [-0.3, -0.25) is 9.59 Å². The molecule has 0 radical (unpaired) electrons. The molecule has 5 heteroatoms. The van der Waals surface area contributed by atoms with Crippen molar-refractivity contribution >= 4 is 11.6 Å². The number of allylic oxidation sites excluding steroid dienone is 2. The van der Waals surface area contributed by atoms with Crippen LogP contribution in [0.3, 0.4) is 0 Å². The lowest BCUT2D eigenvalue weighted by Crippen LogP contribution is -2.39. The van der Waals surface area contributed by atoms with Crippen molar-refractivity contribution in [1.82, 2.24) is 0 Å². The summed E-state index contributed by atoms with van der Waals surface area (Å²) in [5.41, 5.74) is 0.0251. The van der Waals surface area contributed by atoms with E-state index in [1.807, 2.05) is 0 Å². The fourth-order valence-corrected chi connectivity index (χ4v) is 1.39. The fourth-order valence-electron chi connectivity index (χ4n) is 1.39. The van der Waals surface area contributed by atoms with Gasteiger partial charge in [-0.2, -0.15) is 5.26 Å². The van der Waals surface area contributed by atoms with E-state index in [0.29, 0.717) is 0 Å². The molecule has 1 aliphatic rings. The van der Waals surface area contributed by atoms with Gasteiger partial charge in [-0.15, -0.1) is 0 Å². The van der Waals surface area contributed by atoms with Crippen molar-refractivity contribution in [2.75, 3.05) is 14.2 Å². The maximum Gasteiger partial charge on any atom is 0.254 e. The van der Waals surface area contributed by atoms with Gasteiger partial charge >= 0.3 is 0 Å². The third-order valence-electron chi connectivity index (χ3n) is 2.36. The van der Waals surface area contributed by atoms with E-state index in [1.165, 1.54) is 21.1 Å². The summed E-state index contributed by atoms with van der Waals surface area (Å²) < 4.78 is 9.91. The van der Waals surface area contributed by atoms with Crippen LogP contribution in [0.4, 0.5) is 0 Å². The summed E-state index contributed by atoms with van der Waals surface area (Å²) in [5.74, 6) is -2.70. The van der Waals surface area contributed by atoms with E-state index in [9.17, 15) is 9.59 Å². The topological polar surface area (TPSA) is 76.4 Å². The monoisotopic (exact) mass is 221 g/mol. The molecule has 1 aliphatic carbocycles. The molecule has 0 bridgehead atoms. The van der Waals surface area contributed by atoms with Crippen molar-refractivity contribution in [3.05, 3.63) is 23.3 Å². The number of nitriles is 1. The number of methoxy groups -OCH3 is 2. The Kier molecular flexibility index (Phi) is 3.38. The Morgan fingerprint density at radius 1 is 1.31 bits per heavy atom. The zero-order valence-electron chi connectivity index (χ0n) is 9.23. The third-order valence-corrected chi connectivity index (χ3v) is 2.36. The molecule has 0 aromatic carbocycles. The minimum absolute atomic E-state index is 0.164. The molecule has 16 heavy (non-hydrogen) atoms. The Labute approximate surface area is 92.9 Å². The number of ether oxygens (including phenoxy) is 2. The molecule has 0 spiro atoms. The summed E-state index contributed by atoms with van der Waals surface area (Å²) in [6.45, 7) is 1.47. The Morgan fingerprint density at radius 2 is 1.88 bits per heavy atom. The van der Waals surface area contributed by atoms with Crippen LogP contribution in [0.1, 0.15) is 6.92 Å². The molecule has 0 aromatic heterocycles. The average Bonchev–Trinajstić information content (AvgIpc) is 2.38. The third kappa shape index (κ3) is 1.81. The Balaban J connectivity index is 3.44. The maximum absolute atomic E-state index is 11.8. The van der Waals surface area contributed by atoms with Gasteiger partial charge in [0.15, 0.2) is 5.78 Å². The van der Waals surface area contributed by atoms with Crippen molar-refractivity contribution in [3.8, 4) is 6.07 Å². The average molecular weight is 221 g/mol. The van der Waals surface area contributed by atoms with E-state index < -0.39 is 17.4 Å². The van der Waals surface area contributed by atoms with Crippen LogP contribution in [0.15, 0.2) is 23.3 Å². The summed E-state index contributed by atoms with van der Waals surface area (Å²) in [7, 11) is 2.54. The van der Waals surface area contributed by atoms with Gasteiger partial charge in [-0.25, -0.2) is 0 Å². The molecular weight excluding hydrogens is 210 g/mol. The van der Waals surface area contributed by atoms with E-state index in [0.717, 1.165) is 12.2 Å². The highest BCUT2D eigenvalue weighted by Gasteiger charge is 2.39.